The molecule has 1 aromatic carbocycles. The molecule has 0 amide bonds. The predicted octanol–water partition coefficient (Wildman–Crippen LogP) is 1.86. The Morgan fingerprint density at radius 2 is 2.29 bits per heavy atom. The van der Waals surface area contributed by atoms with Crippen LogP contribution in [-0.4, -0.2) is 20.3 Å². The van der Waals surface area contributed by atoms with Gasteiger partial charge >= 0.3 is 0 Å². The van der Waals surface area contributed by atoms with Crippen molar-refractivity contribution in [3.8, 4) is 0 Å². The molecule has 3 nitrogen and oxygen atoms in total. The molecule has 0 aliphatic rings. The highest BCUT2D eigenvalue weighted by Gasteiger charge is 1.99. The Morgan fingerprint density at radius 1 is 1.50 bits per heavy atom. The first-order valence-corrected chi connectivity index (χ1v) is 4.52. The number of methoxy groups -OCH3 is 1. The molecule has 0 aromatic heterocycles. The van der Waals surface area contributed by atoms with Gasteiger partial charge in [0.25, 0.3) is 0 Å². The second kappa shape index (κ2) is 5.44. The molecular formula is C10H15FN2O. The summed E-state index contributed by atoms with van der Waals surface area (Å²) in [6.07, 6.45) is 0.868. The van der Waals surface area contributed by atoms with Crippen LogP contribution in [0.4, 0.5) is 15.8 Å². The van der Waals surface area contributed by atoms with E-state index >= 15 is 0 Å². The molecule has 3 N–H and O–H groups in total. The number of rotatable bonds is 5. The number of anilines is 2. The van der Waals surface area contributed by atoms with Crippen molar-refractivity contribution in [1.29, 1.82) is 0 Å². The molecule has 0 saturated heterocycles. The fourth-order valence-corrected chi connectivity index (χ4v) is 1.12. The zero-order chi connectivity index (χ0) is 10.4. The third-order valence-electron chi connectivity index (χ3n) is 1.86. The van der Waals surface area contributed by atoms with Crippen LogP contribution < -0.4 is 11.1 Å². The molecule has 4 heteroatoms. The smallest absolute Gasteiger partial charge is 0.125 e. The maximum atomic E-state index is 12.8. The highest BCUT2D eigenvalue weighted by molar-refractivity contribution is 5.65. The van der Waals surface area contributed by atoms with Gasteiger partial charge < -0.3 is 15.8 Å². The van der Waals surface area contributed by atoms with Gasteiger partial charge in [-0.2, -0.15) is 0 Å². The molecule has 14 heavy (non-hydrogen) atoms. The number of hydrogen-bond donors (Lipinski definition) is 2. The SMILES string of the molecule is COCCCNc1cc(F)ccc1N. The standard InChI is InChI=1S/C10H15FN2O/c1-14-6-2-5-13-10-7-8(11)3-4-9(10)12/h3-4,7,13H,2,5-6,12H2,1H3. The molecule has 78 valence electrons. The third kappa shape index (κ3) is 3.22. The van der Waals surface area contributed by atoms with Crippen molar-refractivity contribution < 1.29 is 9.13 Å². The zero-order valence-electron chi connectivity index (χ0n) is 8.22. The summed E-state index contributed by atoms with van der Waals surface area (Å²) in [5, 5.41) is 3.04. The molecule has 0 fully saturated rings. The van der Waals surface area contributed by atoms with Gasteiger partial charge in [-0.05, 0) is 24.6 Å². The lowest BCUT2D eigenvalue weighted by Gasteiger charge is -2.08. The van der Waals surface area contributed by atoms with Crippen LogP contribution in [0, 0.1) is 5.82 Å². The number of hydrogen-bond acceptors (Lipinski definition) is 3. The van der Waals surface area contributed by atoms with E-state index in [1.807, 2.05) is 0 Å². The average Bonchev–Trinajstić information content (AvgIpc) is 2.18. The molecular weight excluding hydrogens is 183 g/mol. The van der Waals surface area contributed by atoms with Crippen molar-refractivity contribution in [3.63, 3.8) is 0 Å². The number of benzene rings is 1. The second-order valence-electron chi connectivity index (χ2n) is 3.00. The first-order chi connectivity index (χ1) is 6.74. The van der Waals surface area contributed by atoms with Gasteiger partial charge in [-0.1, -0.05) is 0 Å². The van der Waals surface area contributed by atoms with E-state index in [0.717, 1.165) is 13.0 Å². The maximum Gasteiger partial charge on any atom is 0.125 e. The number of nitrogens with one attached hydrogen (secondary N) is 1. The minimum absolute atomic E-state index is 0.284. The average molecular weight is 198 g/mol. The maximum absolute atomic E-state index is 12.8. The first-order valence-electron chi connectivity index (χ1n) is 4.52. The van der Waals surface area contributed by atoms with Crippen LogP contribution in [0.25, 0.3) is 0 Å². The molecule has 0 spiro atoms. The molecule has 1 aromatic rings. The lowest BCUT2D eigenvalue weighted by Crippen LogP contribution is -2.06. The first kappa shape index (κ1) is 10.8. The van der Waals surface area contributed by atoms with E-state index in [1.54, 1.807) is 13.2 Å². The predicted molar refractivity (Wildman–Crippen MR) is 55.8 cm³/mol. The molecule has 0 atom stereocenters. The van der Waals surface area contributed by atoms with Gasteiger partial charge in [0.1, 0.15) is 5.82 Å². The minimum Gasteiger partial charge on any atom is -0.397 e. The van der Waals surface area contributed by atoms with Gasteiger partial charge in [0, 0.05) is 20.3 Å². The van der Waals surface area contributed by atoms with E-state index in [0.29, 0.717) is 18.0 Å². The van der Waals surface area contributed by atoms with Gasteiger partial charge in [0.2, 0.25) is 0 Å². The lowest BCUT2D eigenvalue weighted by molar-refractivity contribution is 0.198. The van der Waals surface area contributed by atoms with Crippen LogP contribution >= 0.6 is 0 Å². The van der Waals surface area contributed by atoms with Crippen LogP contribution in [0.15, 0.2) is 18.2 Å². The van der Waals surface area contributed by atoms with E-state index < -0.39 is 0 Å². The summed E-state index contributed by atoms with van der Waals surface area (Å²) < 4.78 is 17.7. The second-order valence-corrected chi connectivity index (χ2v) is 3.00. The fourth-order valence-electron chi connectivity index (χ4n) is 1.12. The van der Waals surface area contributed by atoms with Crippen molar-refractivity contribution in [2.75, 3.05) is 31.3 Å². The van der Waals surface area contributed by atoms with Crippen LogP contribution in [-0.2, 0) is 4.74 Å². The Labute approximate surface area is 83.1 Å². The van der Waals surface area contributed by atoms with E-state index in [1.165, 1.54) is 12.1 Å². The van der Waals surface area contributed by atoms with Crippen LogP contribution in [0.2, 0.25) is 0 Å². The van der Waals surface area contributed by atoms with Gasteiger partial charge in [-0.3, -0.25) is 0 Å². The topological polar surface area (TPSA) is 47.3 Å². The van der Waals surface area contributed by atoms with Crippen molar-refractivity contribution in [2.45, 2.75) is 6.42 Å². The van der Waals surface area contributed by atoms with Crippen molar-refractivity contribution in [1.82, 2.24) is 0 Å². The van der Waals surface area contributed by atoms with Gasteiger partial charge in [0.05, 0.1) is 11.4 Å². The minimum atomic E-state index is -0.284. The quantitative estimate of drug-likeness (QED) is 0.560. The van der Waals surface area contributed by atoms with Crippen molar-refractivity contribution in [3.05, 3.63) is 24.0 Å². The fraction of sp³-hybridized carbons (Fsp3) is 0.400. The molecule has 0 heterocycles. The number of nitrogens with two attached hydrogens (primary N) is 1. The van der Waals surface area contributed by atoms with E-state index in [-0.39, 0.29) is 5.82 Å². The number of nitrogen functional groups attached to an aromatic ring is 1. The summed E-state index contributed by atoms with van der Waals surface area (Å²) in [4.78, 5) is 0. The van der Waals surface area contributed by atoms with E-state index in [9.17, 15) is 4.39 Å². The third-order valence-corrected chi connectivity index (χ3v) is 1.86. The summed E-state index contributed by atoms with van der Waals surface area (Å²) >= 11 is 0. The molecule has 0 aliphatic heterocycles. The molecule has 0 saturated carbocycles. The summed E-state index contributed by atoms with van der Waals surface area (Å²) in [7, 11) is 1.65. The normalized spacial score (nSPS) is 10.1. The van der Waals surface area contributed by atoms with Crippen LogP contribution in [0.3, 0.4) is 0 Å². The van der Waals surface area contributed by atoms with Gasteiger partial charge in [0.15, 0.2) is 0 Å². The zero-order valence-corrected chi connectivity index (χ0v) is 8.22. The molecule has 0 aliphatic carbocycles. The summed E-state index contributed by atoms with van der Waals surface area (Å²) in [5.74, 6) is -0.284. The highest BCUT2D eigenvalue weighted by Crippen LogP contribution is 2.18. The van der Waals surface area contributed by atoms with Gasteiger partial charge in [-0.25, -0.2) is 4.39 Å². The van der Waals surface area contributed by atoms with E-state index in [4.69, 9.17) is 10.5 Å². The van der Waals surface area contributed by atoms with Crippen molar-refractivity contribution >= 4 is 11.4 Å². The van der Waals surface area contributed by atoms with Crippen LogP contribution in [0.5, 0.6) is 0 Å². The Morgan fingerprint density at radius 3 is 3.00 bits per heavy atom. The molecule has 0 bridgehead atoms. The van der Waals surface area contributed by atoms with Gasteiger partial charge in [-0.15, -0.1) is 0 Å². The summed E-state index contributed by atoms with van der Waals surface area (Å²) in [5.41, 5.74) is 6.84. The number of ether oxygens (including phenoxy) is 1. The monoisotopic (exact) mass is 198 g/mol. The van der Waals surface area contributed by atoms with E-state index in [2.05, 4.69) is 5.32 Å². The Bertz CT molecular complexity index is 291. The largest absolute Gasteiger partial charge is 0.397 e. The highest BCUT2D eigenvalue weighted by atomic mass is 19.1. The molecule has 1 rings (SSSR count). The molecule has 0 unspecified atom stereocenters. The summed E-state index contributed by atoms with van der Waals surface area (Å²) in [6.45, 7) is 1.41. The number of halogens is 1. The Balaban J connectivity index is 2.45. The summed E-state index contributed by atoms with van der Waals surface area (Å²) in [6, 6.07) is 4.28. The van der Waals surface area contributed by atoms with Crippen molar-refractivity contribution in [2.24, 2.45) is 0 Å². The molecule has 0 radical (unpaired) electrons. The lowest BCUT2D eigenvalue weighted by atomic mass is 10.2. The van der Waals surface area contributed by atoms with Crippen LogP contribution in [0.1, 0.15) is 6.42 Å². The Kier molecular flexibility index (Phi) is 4.19. The Hall–Kier alpha value is -1.29.